The van der Waals surface area contributed by atoms with Gasteiger partial charge < -0.3 is 24.1 Å². The van der Waals surface area contributed by atoms with E-state index in [0.29, 0.717) is 57.9 Å². The number of rotatable bonds is 16. The van der Waals surface area contributed by atoms with E-state index in [1.165, 1.54) is 30.2 Å². The van der Waals surface area contributed by atoms with Crippen LogP contribution in [0.4, 0.5) is 0 Å². The lowest BCUT2D eigenvalue weighted by Crippen LogP contribution is -2.13. The van der Waals surface area contributed by atoms with Crippen molar-refractivity contribution in [2.45, 2.75) is 46.5 Å². The molecule has 2 aromatic heterocycles. The maximum absolute atomic E-state index is 12.6. The van der Waals surface area contributed by atoms with E-state index in [2.05, 4.69) is 6.07 Å². The third kappa shape index (κ3) is 7.79. The van der Waals surface area contributed by atoms with Crippen molar-refractivity contribution in [3.05, 3.63) is 45.1 Å². The molecule has 4 rings (SSSR count). The van der Waals surface area contributed by atoms with Crippen molar-refractivity contribution in [2.75, 3.05) is 27.4 Å². The molecular formula is C32H35ClO8S2. The van der Waals surface area contributed by atoms with Gasteiger partial charge in [-0.25, -0.2) is 0 Å². The number of Topliss-reactive ketones (excluding diaryl/α,β-unsaturated/α-hetero) is 2. The first-order valence-corrected chi connectivity index (χ1v) is 16.0. The molecule has 4 aromatic rings. The van der Waals surface area contributed by atoms with Gasteiger partial charge in [0.05, 0.1) is 43.3 Å². The van der Waals surface area contributed by atoms with Crippen LogP contribution in [0.1, 0.15) is 54.6 Å². The van der Waals surface area contributed by atoms with Gasteiger partial charge in [0, 0.05) is 50.6 Å². The van der Waals surface area contributed by atoms with Crippen molar-refractivity contribution in [1.82, 2.24) is 0 Å². The van der Waals surface area contributed by atoms with Gasteiger partial charge in [0.2, 0.25) is 0 Å². The smallest absolute Gasteiger partial charge is 0.306 e. The highest BCUT2D eigenvalue weighted by molar-refractivity contribution is 7.21. The number of carboxylic acid groups (broad SMARTS) is 1. The highest BCUT2D eigenvalue weighted by Crippen LogP contribution is 2.44. The first kappa shape index (κ1) is 32.6. The summed E-state index contributed by atoms with van der Waals surface area (Å²) < 4.78 is 25.0. The predicted octanol–water partition coefficient (Wildman–Crippen LogP) is 8.09. The Balaban J connectivity index is 1.39. The fourth-order valence-corrected chi connectivity index (χ4v) is 6.96. The van der Waals surface area contributed by atoms with Crippen molar-refractivity contribution in [2.24, 2.45) is 11.8 Å². The number of aliphatic carboxylic acids is 1. The number of ketones is 2. The molecule has 1 N–H and O–H groups in total. The zero-order chi connectivity index (χ0) is 31.3. The minimum Gasteiger partial charge on any atom is -0.493 e. The topological polar surface area (TPSA) is 108 Å². The Morgan fingerprint density at radius 3 is 2.26 bits per heavy atom. The Morgan fingerprint density at radius 1 is 0.884 bits per heavy atom. The molecule has 0 bridgehead atoms. The van der Waals surface area contributed by atoms with E-state index >= 15 is 0 Å². The number of thiophene rings is 2. The fourth-order valence-electron chi connectivity index (χ4n) is 4.46. The van der Waals surface area contributed by atoms with Gasteiger partial charge in [0.1, 0.15) is 5.78 Å². The average Bonchev–Trinajstić information content (AvgIpc) is 3.59. The van der Waals surface area contributed by atoms with Crippen LogP contribution in [-0.4, -0.2) is 50.1 Å². The van der Waals surface area contributed by atoms with E-state index in [-0.39, 0.29) is 23.9 Å². The number of carbonyl (C=O) groups excluding carboxylic acids is 2. The molecule has 8 nitrogen and oxygen atoms in total. The Bertz CT molecular complexity index is 1640. The lowest BCUT2D eigenvalue weighted by molar-refractivity contribution is -0.141. The Hall–Kier alpha value is -3.34. The number of carboxylic acids is 1. The van der Waals surface area contributed by atoms with Crippen LogP contribution in [0, 0.1) is 11.8 Å². The Kier molecular flexibility index (Phi) is 10.9. The van der Waals surface area contributed by atoms with Crippen LogP contribution in [0.2, 0.25) is 5.02 Å². The zero-order valence-corrected chi connectivity index (χ0v) is 27.2. The molecular weight excluding hydrogens is 612 g/mol. The van der Waals surface area contributed by atoms with E-state index in [0.717, 1.165) is 27.6 Å². The summed E-state index contributed by atoms with van der Waals surface area (Å²) in [7, 11) is 3.13. The molecule has 0 unspecified atom stereocenters. The SMILES string of the molecule is COc1cc2sc(CC[C@H](C)C(C)=O)cc2cc1OCCCOc1c(OC)cc2sc(C(=O)C[C@H](C)C(=O)O)cc2c1Cl. The highest BCUT2D eigenvalue weighted by Gasteiger charge is 2.22. The number of ether oxygens (including phenoxy) is 4. The lowest BCUT2D eigenvalue weighted by Gasteiger charge is -2.14. The number of methoxy groups -OCH3 is 2. The number of hydrogen-bond donors (Lipinski definition) is 1. The molecule has 230 valence electrons. The van der Waals surface area contributed by atoms with Gasteiger partial charge in [-0.05, 0) is 43.4 Å². The van der Waals surface area contributed by atoms with Crippen LogP contribution in [0.25, 0.3) is 20.2 Å². The molecule has 0 aliphatic carbocycles. The molecule has 11 heteroatoms. The van der Waals surface area contributed by atoms with Crippen LogP contribution in [-0.2, 0) is 16.0 Å². The molecule has 43 heavy (non-hydrogen) atoms. The van der Waals surface area contributed by atoms with Gasteiger partial charge in [-0.15, -0.1) is 22.7 Å². The molecule has 0 fully saturated rings. The summed E-state index contributed by atoms with van der Waals surface area (Å²) in [5, 5.41) is 11.2. The summed E-state index contributed by atoms with van der Waals surface area (Å²) in [6.07, 6.45) is 2.13. The van der Waals surface area contributed by atoms with Crippen LogP contribution < -0.4 is 18.9 Å². The van der Waals surface area contributed by atoms with E-state index in [1.807, 2.05) is 19.1 Å². The quantitative estimate of drug-likeness (QED) is 0.0961. The van der Waals surface area contributed by atoms with Gasteiger partial charge in [-0.3, -0.25) is 14.4 Å². The molecule has 0 saturated carbocycles. The molecule has 0 amide bonds. The number of aryl methyl sites for hydroxylation is 1. The predicted molar refractivity (Wildman–Crippen MR) is 171 cm³/mol. The standard InChI is InChI=1S/C32H35ClO8S2/c1-17(19(3)34)7-8-21-12-20-13-25(24(38-4)15-27(20)42-21)40-9-6-10-41-31-26(39-5)16-28-22(30(31)33)14-29(43-28)23(35)11-18(2)32(36)37/h12-18H,6-11H2,1-5H3,(H,36,37)/t17-,18-/m0/s1. The lowest BCUT2D eigenvalue weighted by atomic mass is 10.0. The maximum atomic E-state index is 12.6. The molecule has 0 saturated heterocycles. The molecule has 0 radical (unpaired) electrons. The molecule has 0 aliphatic rings. The number of fused-ring (bicyclic) bond motifs is 2. The van der Waals surface area contributed by atoms with Gasteiger partial charge >= 0.3 is 5.97 Å². The second-order valence-electron chi connectivity index (χ2n) is 10.5. The van der Waals surface area contributed by atoms with E-state index in [9.17, 15) is 14.4 Å². The molecule has 2 atom stereocenters. The second-order valence-corrected chi connectivity index (χ2v) is 13.1. The summed E-state index contributed by atoms with van der Waals surface area (Å²) in [6, 6.07) is 9.54. The minimum atomic E-state index is -1.01. The van der Waals surface area contributed by atoms with Crippen molar-refractivity contribution in [1.29, 1.82) is 0 Å². The highest BCUT2D eigenvalue weighted by atomic mass is 35.5. The number of hydrogen-bond acceptors (Lipinski definition) is 9. The summed E-state index contributed by atoms with van der Waals surface area (Å²) >= 11 is 9.64. The van der Waals surface area contributed by atoms with Crippen molar-refractivity contribution in [3.8, 4) is 23.0 Å². The largest absolute Gasteiger partial charge is 0.493 e. The number of benzene rings is 2. The zero-order valence-electron chi connectivity index (χ0n) is 24.8. The molecule has 0 spiro atoms. The Labute approximate surface area is 263 Å². The van der Waals surface area contributed by atoms with Gasteiger partial charge in [-0.1, -0.05) is 25.4 Å². The third-order valence-corrected chi connectivity index (χ3v) is 9.91. The van der Waals surface area contributed by atoms with Gasteiger partial charge in [0.25, 0.3) is 0 Å². The summed E-state index contributed by atoms with van der Waals surface area (Å²) in [4.78, 5) is 37.0. The van der Waals surface area contributed by atoms with Gasteiger partial charge in [0.15, 0.2) is 28.8 Å². The normalized spacial score (nSPS) is 12.7. The van der Waals surface area contributed by atoms with Gasteiger partial charge in [-0.2, -0.15) is 0 Å². The van der Waals surface area contributed by atoms with Crippen LogP contribution >= 0.6 is 34.3 Å². The van der Waals surface area contributed by atoms with E-state index in [4.69, 9.17) is 35.7 Å². The van der Waals surface area contributed by atoms with Crippen LogP contribution in [0.5, 0.6) is 23.0 Å². The van der Waals surface area contributed by atoms with E-state index in [1.54, 1.807) is 37.5 Å². The molecule has 0 aliphatic heterocycles. The summed E-state index contributed by atoms with van der Waals surface area (Å²) in [6.45, 7) is 5.78. The van der Waals surface area contributed by atoms with Crippen LogP contribution in [0.15, 0.2) is 30.3 Å². The minimum absolute atomic E-state index is 0.0453. The molecule has 2 heterocycles. The van der Waals surface area contributed by atoms with Crippen molar-refractivity contribution in [3.63, 3.8) is 0 Å². The first-order chi connectivity index (χ1) is 20.5. The first-order valence-electron chi connectivity index (χ1n) is 13.9. The monoisotopic (exact) mass is 646 g/mol. The summed E-state index contributed by atoms with van der Waals surface area (Å²) in [5.74, 6) is 0.315. The maximum Gasteiger partial charge on any atom is 0.306 e. The van der Waals surface area contributed by atoms with Crippen LogP contribution in [0.3, 0.4) is 0 Å². The van der Waals surface area contributed by atoms with E-state index < -0.39 is 11.9 Å². The Morgan fingerprint density at radius 2 is 1.58 bits per heavy atom. The van der Waals surface area contributed by atoms with Crippen molar-refractivity contribution >= 4 is 72.0 Å². The molecule has 2 aromatic carbocycles. The fraction of sp³-hybridized carbons (Fsp3) is 0.406. The average molecular weight is 647 g/mol. The van der Waals surface area contributed by atoms with Crippen molar-refractivity contribution < 1.29 is 38.4 Å². The second kappa shape index (κ2) is 14.4. The summed E-state index contributed by atoms with van der Waals surface area (Å²) in [5.41, 5.74) is 0. The third-order valence-electron chi connectivity index (χ3n) is 7.25. The number of halogens is 1. The number of carbonyl (C=O) groups is 3.